The predicted octanol–water partition coefficient (Wildman–Crippen LogP) is 1.26. The first-order valence-corrected chi connectivity index (χ1v) is 9.58. The van der Waals surface area contributed by atoms with Gasteiger partial charge in [-0.25, -0.2) is 4.99 Å². The van der Waals surface area contributed by atoms with Crippen LogP contribution in [0.25, 0.3) is 0 Å². The second-order valence-electron chi connectivity index (χ2n) is 6.87. The fourth-order valence-electron chi connectivity index (χ4n) is 5.13. The minimum atomic E-state index is -0.920. The molecule has 3 aliphatic rings. The molecule has 0 bridgehead atoms. The van der Waals surface area contributed by atoms with Crippen LogP contribution in [-0.2, 0) is 4.74 Å². The molecule has 1 saturated heterocycles. The first-order valence-electron chi connectivity index (χ1n) is 8.59. The summed E-state index contributed by atoms with van der Waals surface area (Å²) in [6.07, 6.45) is 5.82. The zero-order chi connectivity index (χ0) is 16.8. The SMILES string of the molecule is CCCCC1(CCCC)[C@@]2(C#N)[C@@]3([NH+]=C(N)[C@@]12C#N)OCCS3. The topological polar surface area (TPSA) is 96.8 Å². The van der Waals surface area contributed by atoms with Crippen molar-refractivity contribution in [2.24, 2.45) is 22.0 Å². The summed E-state index contributed by atoms with van der Waals surface area (Å²) >= 11 is 1.60. The van der Waals surface area contributed by atoms with Crippen molar-refractivity contribution in [2.75, 3.05) is 12.4 Å². The maximum atomic E-state index is 10.2. The Labute approximate surface area is 142 Å². The van der Waals surface area contributed by atoms with Crippen LogP contribution < -0.4 is 10.7 Å². The van der Waals surface area contributed by atoms with E-state index in [9.17, 15) is 10.5 Å². The molecule has 3 N–H and O–H groups in total. The molecule has 3 atom stereocenters. The molecule has 1 spiro atoms. The van der Waals surface area contributed by atoms with E-state index in [2.05, 4.69) is 31.0 Å². The first-order chi connectivity index (χ1) is 11.1. The van der Waals surface area contributed by atoms with Crippen molar-refractivity contribution < 1.29 is 9.73 Å². The molecule has 1 saturated carbocycles. The van der Waals surface area contributed by atoms with Crippen molar-refractivity contribution in [1.29, 1.82) is 10.5 Å². The molecule has 23 heavy (non-hydrogen) atoms. The fraction of sp³-hybridized carbons (Fsp3) is 0.824. The van der Waals surface area contributed by atoms with Gasteiger partial charge in [0, 0.05) is 11.2 Å². The molecule has 124 valence electrons. The Morgan fingerprint density at radius 1 is 1.22 bits per heavy atom. The third kappa shape index (κ3) is 1.55. The average molecular weight is 333 g/mol. The van der Waals surface area contributed by atoms with Gasteiger partial charge in [0.25, 0.3) is 10.9 Å². The Bertz CT molecular complexity index is 605. The molecule has 0 unspecified atom stereocenters. The van der Waals surface area contributed by atoms with Gasteiger partial charge in [0.2, 0.25) is 0 Å². The van der Waals surface area contributed by atoms with Crippen LogP contribution in [0.4, 0.5) is 0 Å². The average Bonchev–Trinajstić information content (AvgIpc) is 2.81. The maximum absolute atomic E-state index is 10.2. The Balaban J connectivity index is 2.15. The summed E-state index contributed by atoms with van der Waals surface area (Å²) in [4.78, 5) is 3.21. The lowest BCUT2D eigenvalue weighted by Gasteiger charge is -2.29. The third-order valence-corrected chi connectivity index (χ3v) is 7.38. The van der Waals surface area contributed by atoms with Crippen molar-refractivity contribution in [3.63, 3.8) is 0 Å². The second-order valence-corrected chi connectivity index (χ2v) is 8.14. The van der Waals surface area contributed by atoms with Gasteiger partial charge in [0.1, 0.15) is 0 Å². The lowest BCUT2D eigenvalue weighted by Crippen LogP contribution is -2.88. The molecular weight excluding hydrogens is 308 g/mol. The van der Waals surface area contributed by atoms with E-state index >= 15 is 0 Å². The number of nitrogens with zero attached hydrogens (tertiary/aromatic N) is 2. The van der Waals surface area contributed by atoms with Gasteiger partial charge >= 0.3 is 0 Å². The Morgan fingerprint density at radius 2 is 1.87 bits per heavy atom. The molecule has 3 rings (SSSR count). The molecule has 0 amide bonds. The van der Waals surface area contributed by atoms with Crippen molar-refractivity contribution in [2.45, 2.75) is 57.4 Å². The molecular formula is C17H25N4OS+. The first kappa shape index (κ1) is 16.6. The van der Waals surface area contributed by atoms with Crippen LogP contribution in [0.15, 0.2) is 0 Å². The Kier molecular flexibility index (Phi) is 3.90. The van der Waals surface area contributed by atoms with E-state index in [1.165, 1.54) is 0 Å². The van der Waals surface area contributed by atoms with Gasteiger partial charge in [0.05, 0.1) is 18.7 Å². The lowest BCUT2D eigenvalue weighted by atomic mass is 9.81. The molecule has 0 aromatic heterocycles. The highest BCUT2D eigenvalue weighted by Gasteiger charge is 3.02. The van der Waals surface area contributed by atoms with Crippen LogP contribution in [0.5, 0.6) is 0 Å². The quantitative estimate of drug-likeness (QED) is 0.762. The lowest BCUT2D eigenvalue weighted by molar-refractivity contribution is -0.585. The summed E-state index contributed by atoms with van der Waals surface area (Å²) in [5.74, 6) is 1.27. The highest BCUT2D eigenvalue weighted by molar-refractivity contribution is 8.00. The molecule has 6 heteroatoms. The van der Waals surface area contributed by atoms with E-state index in [1.807, 2.05) is 0 Å². The molecule has 2 heterocycles. The zero-order valence-corrected chi connectivity index (χ0v) is 14.8. The summed E-state index contributed by atoms with van der Waals surface area (Å²) in [6, 6.07) is 5.02. The number of nitriles is 2. The number of nitrogens with one attached hydrogen (secondary N) is 1. The molecule has 0 aromatic carbocycles. The number of amidine groups is 1. The molecule has 0 radical (unpaired) electrons. The number of thioether (sulfide) groups is 1. The van der Waals surface area contributed by atoms with Gasteiger partial charge < -0.3 is 4.74 Å². The largest absolute Gasteiger partial charge is 0.327 e. The monoisotopic (exact) mass is 333 g/mol. The van der Waals surface area contributed by atoms with Crippen molar-refractivity contribution in [3.05, 3.63) is 0 Å². The van der Waals surface area contributed by atoms with E-state index < -0.39 is 15.9 Å². The smallest absolute Gasteiger partial charge is 0.277 e. The number of hydrogen-bond acceptors (Lipinski definition) is 5. The summed E-state index contributed by atoms with van der Waals surface area (Å²) in [7, 11) is 0. The Hall–Kier alpha value is -1.24. The predicted molar refractivity (Wildman–Crippen MR) is 88.9 cm³/mol. The van der Waals surface area contributed by atoms with Crippen LogP contribution in [0, 0.1) is 38.9 Å². The van der Waals surface area contributed by atoms with Gasteiger partial charge in [0.15, 0.2) is 10.8 Å². The second kappa shape index (κ2) is 5.40. The minimum absolute atomic E-state index is 0.387. The summed E-state index contributed by atoms with van der Waals surface area (Å²) in [5.41, 5.74) is 4.15. The van der Waals surface area contributed by atoms with Gasteiger partial charge in [-0.15, -0.1) is 0 Å². The number of rotatable bonds is 6. The number of hydrogen-bond donors (Lipinski definition) is 2. The fourth-order valence-corrected chi connectivity index (χ4v) is 6.54. The van der Waals surface area contributed by atoms with Gasteiger partial charge in [-0.2, -0.15) is 10.5 Å². The molecule has 5 nitrogen and oxygen atoms in total. The highest BCUT2D eigenvalue weighted by atomic mass is 32.2. The van der Waals surface area contributed by atoms with E-state index in [0.717, 1.165) is 44.3 Å². The van der Waals surface area contributed by atoms with Crippen LogP contribution in [-0.4, -0.2) is 23.3 Å². The highest BCUT2D eigenvalue weighted by Crippen LogP contribution is 2.87. The van der Waals surface area contributed by atoms with Crippen LogP contribution in [0.2, 0.25) is 0 Å². The molecule has 1 aliphatic carbocycles. The number of nitrogens with two attached hydrogens (primary N) is 1. The van der Waals surface area contributed by atoms with E-state index in [-0.39, 0.29) is 5.41 Å². The minimum Gasteiger partial charge on any atom is -0.327 e. The van der Waals surface area contributed by atoms with Crippen molar-refractivity contribution >= 4 is 17.6 Å². The van der Waals surface area contributed by atoms with Gasteiger partial charge in [-0.05, 0) is 12.8 Å². The normalized spacial score (nSPS) is 39.6. The summed E-state index contributed by atoms with van der Waals surface area (Å²) < 4.78 is 6.04. The van der Waals surface area contributed by atoms with Crippen LogP contribution >= 0.6 is 11.8 Å². The van der Waals surface area contributed by atoms with Gasteiger partial charge in [-0.1, -0.05) is 51.3 Å². The zero-order valence-electron chi connectivity index (χ0n) is 13.9. The maximum Gasteiger partial charge on any atom is 0.277 e. The van der Waals surface area contributed by atoms with Crippen molar-refractivity contribution in [3.8, 4) is 12.1 Å². The van der Waals surface area contributed by atoms with E-state index in [0.29, 0.717) is 12.4 Å². The van der Waals surface area contributed by atoms with Crippen molar-refractivity contribution in [1.82, 2.24) is 0 Å². The number of fused-ring (bicyclic) bond motifs is 2. The number of unbranched alkanes of at least 4 members (excludes halogenated alkanes) is 2. The standard InChI is InChI=1S/C17H24N4OS/c1-3-5-7-14(8-6-4-2)15(11-18)13(20)21-17(16(14,15)12-19)22-9-10-23-17/h3-10H2,1-2H3,(H2,20,21)/p+1/t15-,16+,17+/m0/s1. The van der Waals surface area contributed by atoms with Gasteiger partial charge in [-0.3, -0.25) is 5.73 Å². The van der Waals surface area contributed by atoms with E-state index in [4.69, 9.17) is 10.5 Å². The summed E-state index contributed by atoms with van der Waals surface area (Å²) in [5, 5.41) is 19.5. The number of ether oxygens (including phenoxy) is 1. The van der Waals surface area contributed by atoms with Crippen LogP contribution in [0.1, 0.15) is 52.4 Å². The third-order valence-electron chi connectivity index (χ3n) is 6.08. The molecule has 2 aliphatic heterocycles. The van der Waals surface area contributed by atoms with E-state index in [1.54, 1.807) is 11.8 Å². The van der Waals surface area contributed by atoms with Crippen LogP contribution in [0.3, 0.4) is 0 Å². The Morgan fingerprint density at radius 3 is 2.30 bits per heavy atom. The molecule has 0 aromatic rings. The molecule has 2 fully saturated rings. The summed E-state index contributed by atoms with van der Waals surface area (Å²) in [6.45, 7) is 4.88.